The Kier molecular flexibility index (Phi) is 4.55. The molecule has 1 aromatic heterocycles. The number of aromatic nitrogens is 1. The van der Waals surface area contributed by atoms with Crippen molar-refractivity contribution in [3.63, 3.8) is 0 Å². The van der Waals surface area contributed by atoms with Gasteiger partial charge in [-0.25, -0.2) is 4.98 Å². The predicted molar refractivity (Wildman–Crippen MR) is 62.9 cm³/mol. The molecular formula is C11H20N2S. The zero-order valence-corrected chi connectivity index (χ0v) is 10.4. The summed E-state index contributed by atoms with van der Waals surface area (Å²) in [5.74, 6) is 0. The van der Waals surface area contributed by atoms with Gasteiger partial charge in [0.05, 0.1) is 10.7 Å². The summed E-state index contributed by atoms with van der Waals surface area (Å²) in [6, 6.07) is 0.501. The second-order valence-corrected chi connectivity index (χ2v) is 4.83. The van der Waals surface area contributed by atoms with Crippen molar-refractivity contribution in [3.8, 4) is 0 Å². The molecule has 1 N–H and O–H groups in total. The summed E-state index contributed by atoms with van der Waals surface area (Å²) in [6.45, 7) is 9.70. The van der Waals surface area contributed by atoms with Crippen LogP contribution in [0.3, 0.4) is 0 Å². The standard InChI is InChI=1S/C11H20N2S/c1-5-7-12-10(6-2)11-8(3)13-9(4)14-11/h10,12H,5-7H2,1-4H3. The molecule has 0 bridgehead atoms. The monoisotopic (exact) mass is 212 g/mol. The molecule has 0 spiro atoms. The molecule has 2 nitrogen and oxygen atoms in total. The van der Waals surface area contributed by atoms with E-state index in [1.54, 1.807) is 0 Å². The molecular weight excluding hydrogens is 192 g/mol. The molecule has 1 heterocycles. The molecule has 0 radical (unpaired) electrons. The van der Waals surface area contributed by atoms with Crippen molar-refractivity contribution in [2.45, 2.75) is 46.6 Å². The number of rotatable bonds is 5. The smallest absolute Gasteiger partial charge is 0.0900 e. The zero-order chi connectivity index (χ0) is 10.6. The molecule has 14 heavy (non-hydrogen) atoms. The first-order valence-electron chi connectivity index (χ1n) is 5.36. The Morgan fingerprint density at radius 3 is 2.50 bits per heavy atom. The van der Waals surface area contributed by atoms with Gasteiger partial charge in [-0.15, -0.1) is 11.3 Å². The van der Waals surface area contributed by atoms with E-state index in [1.165, 1.54) is 22.0 Å². The fourth-order valence-corrected chi connectivity index (χ4v) is 2.70. The van der Waals surface area contributed by atoms with Crippen LogP contribution in [0, 0.1) is 13.8 Å². The largest absolute Gasteiger partial charge is 0.309 e. The average molecular weight is 212 g/mol. The molecule has 0 saturated carbocycles. The van der Waals surface area contributed by atoms with Crippen molar-refractivity contribution >= 4 is 11.3 Å². The minimum atomic E-state index is 0.501. The Labute approximate surface area is 90.8 Å². The maximum absolute atomic E-state index is 4.47. The van der Waals surface area contributed by atoms with Crippen LogP contribution in [0.4, 0.5) is 0 Å². The van der Waals surface area contributed by atoms with Gasteiger partial charge in [-0.1, -0.05) is 13.8 Å². The molecule has 0 aliphatic carbocycles. The summed E-state index contributed by atoms with van der Waals surface area (Å²) in [5.41, 5.74) is 1.20. The predicted octanol–water partition coefficient (Wildman–Crippen LogP) is 3.21. The van der Waals surface area contributed by atoms with Crippen LogP contribution in [-0.4, -0.2) is 11.5 Å². The van der Waals surface area contributed by atoms with Crippen molar-refractivity contribution in [1.82, 2.24) is 10.3 Å². The van der Waals surface area contributed by atoms with Crippen LogP contribution in [-0.2, 0) is 0 Å². The first-order chi connectivity index (χ1) is 6.69. The Balaban J connectivity index is 2.72. The van der Waals surface area contributed by atoms with Crippen LogP contribution in [0.2, 0.25) is 0 Å². The van der Waals surface area contributed by atoms with Gasteiger partial charge >= 0.3 is 0 Å². The molecule has 0 aliphatic rings. The highest BCUT2D eigenvalue weighted by Gasteiger charge is 2.14. The molecule has 1 atom stereocenters. The maximum Gasteiger partial charge on any atom is 0.0900 e. The highest BCUT2D eigenvalue weighted by molar-refractivity contribution is 7.11. The van der Waals surface area contributed by atoms with Crippen LogP contribution in [0.15, 0.2) is 0 Å². The van der Waals surface area contributed by atoms with Gasteiger partial charge in [0.25, 0.3) is 0 Å². The van der Waals surface area contributed by atoms with E-state index in [2.05, 4.69) is 38.0 Å². The lowest BCUT2D eigenvalue weighted by Crippen LogP contribution is -2.21. The lowest BCUT2D eigenvalue weighted by atomic mass is 10.1. The molecule has 80 valence electrons. The number of hydrogen-bond acceptors (Lipinski definition) is 3. The molecule has 0 fully saturated rings. The third kappa shape index (κ3) is 2.79. The summed E-state index contributed by atoms with van der Waals surface area (Å²) in [4.78, 5) is 5.88. The molecule has 1 rings (SSSR count). The number of nitrogens with one attached hydrogen (secondary N) is 1. The normalized spacial score (nSPS) is 13.1. The third-order valence-electron chi connectivity index (χ3n) is 2.30. The number of thiazole rings is 1. The van der Waals surface area contributed by atoms with Gasteiger partial charge in [-0.3, -0.25) is 0 Å². The van der Waals surface area contributed by atoms with Gasteiger partial charge in [0.2, 0.25) is 0 Å². The van der Waals surface area contributed by atoms with E-state index in [9.17, 15) is 0 Å². The van der Waals surface area contributed by atoms with E-state index in [0.717, 1.165) is 13.0 Å². The Hall–Kier alpha value is -0.410. The molecule has 0 saturated heterocycles. The van der Waals surface area contributed by atoms with Crippen molar-refractivity contribution in [3.05, 3.63) is 15.6 Å². The van der Waals surface area contributed by atoms with Crippen LogP contribution in [0.25, 0.3) is 0 Å². The van der Waals surface area contributed by atoms with Crippen LogP contribution in [0.1, 0.15) is 48.3 Å². The van der Waals surface area contributed by atoms with Gasteiger partial charge in [-0.05, 0) is 33.2 Å². The molecule has 3 heteroatoms. The number of aryl methyl sites for hydroxylation is 2. The highest BCUT2D eigenvalue weighted by Crippen LogP contribution is 2.26. The number of nitrogens with zero attached hydrogens (tertiary/aromatic N) is 1. The van der Waals surface area contributed by atoms with Crippen molar-refractivity contribution in [2.75, 3.05) is 6.54 Å². The van der Waals surface area contributed by atoms with Gasteiger partial charge < -0.3 is 5.32 Å². The van der Waals surface area contributed by atoms with Crippen LogP contribution in [0.5, 0.6) is 0 Å². The summed E-state index contributed by atoms with van der Waals surface area (Å²) in [6.07, 6.45) is 2.33. The van der Waals surface area contributed by atoms with Gasteiger partial charge in [0.1, 0.15) is 0 Å². The summed E-state index contributed by atoms with van der Waals surface area (Å²) in [7, 11) is 0. The molecule has 0 aromatic carbocycles. The summed E-state index contributed by atoms with van der Waals surface area (Å²) < 4.78 is 0. The van der Waals surface area contributed by atoms with Gasteiger partial charge in [-0.2, -0.15) is 0 Å². The second-order valence-electron chi connectivity index (χ2n) is 3.60. The third-order valence-corrected chi connectivity index (χ3v) is 3.49. The molecule has 0 amide bonds. The van der Waals surface area contributed by atoms with Crippen molar-refractivity contribution in [1.29, 1.82) is 0 Å². The molecule has 0 aliphatic heterocycles. The SMILES string of the molecule is CCCNC(CC)c1sc(C)nc1C. The summed E-state index contributed by atoms with van der Waals surface area (Å²) >= 11 is 1.82. The lowest BCUT2D eigenvalue weighted by Gasteiger charge is -2.15. The highest BCUT2D eigenvalue weighted by atomic mass is 32.1. The van der Waals surface area contributed by atoms with Gasteiger partial charge in [0.15, 0.2) is 0 Å². The van der Waals surface area contributed by atoms with E-state index in [-0.39, 0.29) is 0 Å². The van der Waals surface area contributed by atoms with Crippen molar-refractivity contribution in [2.24, 2.45) is 0 Å². The Bertz CT molecular complexity index is 281. The van der Waals surface area contributed by atoms with E-state index in [0.29, 0.717) is 6.04 Å². The van der Waals surface area contributed by atoms with E-state index >= 15 is 0 Å². The van der Waals surface area contributed by atoms with E-state index < -0.39 is 0 Å². The molecule has 1 unspecified atom stereocenters. The van der Waals surface area contributed by atoms with Crippen LogP contribution < -0.4 is 5.32 Å². The van der Waals surface area contributed by atoms with Crippen molar-refractivity contribution < 1.29 is 0 Å². The Morgan fingerprint density at radius 2 is 2.07 bits per heavy atom. The zero-order valence-electron chi connectivity index (χ0n) is 9.55. The minimum absolute atomic E-state index is 0.501. The topological polar surface area (TPSA) is 24.9 Å². The fourth-order valence-electron chi connectivity index (χ4n) is 1.61. The summed E-state index contributed by atoms with van der Waals surface area (Å²) in [5, 5.41) is 4.74. The second kappa shape index (κ2) is 5.47. The quantitative estimate of drug-likeness (QED) is 0.810. The fraction of sp³-hybridized carbons (Fsp3) is 0.727. The Morgan fingerprint density at radius 1 is 1.36 bits per heavy atom. The lowest BCUT2D eigenvalue weighted by molar-refractivity contribution is 0.523. The average Bonchev–Trinajstić information content (AvgIpc) is 2.47. The maximum atomic E-state index is 4.47. The molecule has 1 aromatic rings. The first kappa shape index (κ1) is 11.7. The van der Waals surface area contributed by atoms with E-state index in [1.807, 2.05) is 11.3 Å². The van der Waals surface area contributed by atoms with Crippen LogP contribution >= 0.6 is 11.3 Å². The first-order valence-corrected chi connectivity index (χ1v) is 6.18. The van der Waals surface area contributed by atoms with Gasteiger partial charge in [0, 0.05) is 10.9 Å². The number of hydrogen-bond donors (Lipinski definition) is 1. The van der Waals surface area contributed by atoms with E-state index in [4.69, 9.17) is 0 Å². The minimum Gasteiger partial charge on any atom is -0.309 e.